The van der Waals surface area contributed by atoms with Crippen molar-refractivity contribution in [2.75, 3.05) is 0 Å². The van der Waals surface area contributed by atoms with Crippen LogP contribution in [0.15, 0.2) is 35.2 Å². The van der Waals surface area contributed by atoms with Crippen LogP contribution in [0, 0.1) is 0 Å². The molecule has 0 saturated heterocycles. The fourth-order valence-electron chi connectivity index (χ4n) is 0.843. The van der Waals surface area contributed by atoms with Crippen molar-refractivity contribution in [3.8, 4) is 0 Å². The largest absolute Gasteiger partial charge is 1.00 e. The van der Waals surface area contributed by atoms with E-state index in [2.05, 4.69) is 4.18 Å². The van der Waals surface area contributed by atoms with Crippen LogP contribution in [-0.2, 0) is 14.3 Å². The van der Waals surface area contributed by atoms with E-state index < -0.39 is 16.3 Å². The molecule has 1 aromatic rings. The zero-order valence-electron chi connectivity index (χ0n) is 9.17. The third kappa shape index (κ3) is 4.08. The number of hydrogen-bond donors (Lipinski definition) is 1. The Balaban J connectivity index is 0. The SMILES string of the molecule is CC(N)OS(=O)(=O)c1ccccc1.[H-].[Na+]. The molecule has 6 heteroatoms. The summed E-state index contributed by atoms with van der Waals surface area (Å²) in [6, 6.07) is 7.88. The minimum absolute atomic E-state index is 0. The summed E-state index contributed by atoms with van der Waals surface area (Å²) in [5.41, 5.74) is 5.21. The molecule has 1 atom stereocenters. The van der Waals surface area contributed by atoms with Gasteiger partial charge in [-0.2, -0.15) is 8.42 Å². The van der Waals surface area contributed by atoms with Crippen LogP contribution in [0.4, 0.5) is 0 Å². The average molecular weight is 225 g/mol. The maximum atomic E-state index is 11.3. The molecular weight excluding hydrogens is 213 g/mol. The predicted molar refractivity (Wildman–Crippen MR) is 49.5 cm³/mol. The first-order valence-electron chi connectivity index (χ1n) is 3.76. The number of benzene rings is 1. The van der Waals surface area contributed by atoms with Gasteiger partial charge in [-0.1, -0.05) is 18.2 Å². The zero-order chi connectivity index (χ0) is 9.90. The van der Waals surface area contributed by atoms with Gasteiger partial charge in [0.2, 0.25) is 0 Å². The molecule has 1 unspecified atom stereocenters. The summed E-state index contributed by atoms with van der Waals surface area (Å²) < 4.78 is 27.3. The van der Waals surface area contributed by atoms with Crippen LogP contribution in [0.2, 0.25) is 0 Å². The summed E-state index contributed by atoms with van der Waals surface area (Å²) in [5, 5.41) is 0. The van der Waals surface area contributed by atoms with Gasteiger partial charge in [0.1, 0.15) is 6.23 Å². The Bertz CT molecular complexity index is 369. The van der Waals surface area contributed by atoms with Crippen LogP contribution in [0.25, 0.3) is 0 Å². The first-order chi connectivity index (χ1) is 6.02. The normalized spacial score (nSPS) is 13.0. The van der Waals surface area contributed by atoms with Gasteiger partial charge in [0.15, 0.2) is 0 Å². The van der Waals surface area contributed by atoms with E-state index in [1.807, 2.05) is 0 Å². The van der Waals surface area contributed by atoms with Crippen molar-refractivity contribution in [3.63, 3.8) is 0 Å². The summed E-state index contributed by atoms with van der Waals surface area (Å²) >= 11 is 0. The number of nitrogens with two attached hydrogens (primary N) is 1. The zero-order valence-corrected chi connectivity index (χ0v) is 11.0. The van der Waals surface area contributed by atoms with Gasteiger partial charge in [0.05, 0.1) is 4.90 Å². The molecule has 0 heterocycles. The summed E-state index contributed by atoms with van der Waals surface area (Å²) in [6.07, 6.45) is -0.829. The van der Waals surface area contributed by atoms with E-state index in [1.54, 1.807) is 18.2 Å². The van der Waals surface area contributed by atoms with Gasteiger partial charge in [-0.05, 0) is 19.1 Å². The fraction of sp³-hybridized carbons (Fsp3) is 0.250. The summed E-state index contributed by atoms with van der Waals surface area (Å²) in [7, 11) is -3.68. The van der Waals surface area contributed by atoms with E-state index in [1.165, 1.54) is 19.1 Å². The number of rotatable bonds is 3. The molecule has 0 aliphatic carbocycles. The second kappa shape index (κ2) is 5.85. The van der Waals surface area contributed by atoms with Crippen molar-refractivity contribution in [2.45, 2.75) is 18.0 Å². The third-order valence-corrected chi connectivity index (χ3v) is 2.72. The Morgan fingerprint density at radius 2 is 1.86 bits per heavy atom. The predicted octanol–water partition coefficient (Wildman–Crippen LogP) is -2.19. The second-order valence-corrected chi connectivity index (χ2v) is 4.14. The molecule has 1 rings (SSSR count). The minimum Gasteiger partial charge on any atom is -1.00 e. The molecular formula is C8H12NNaO3S. The van der Waals surface area contributed by atoms with Gasteiger partial charge in [-0.3, -0.25) is 0 Å². The van der Waals surface area contributed by atoms with E-state index in [0.717, 1.165) is 0 Å². The van der Waals surface area contributed by atoms with Crippen molar-refractivity contribution in [2.24, 2.45) is 5.73 Å². The Hall–Kier alpha value is 0.0900. The van der Waals surface area contributed by atoms with Gasteiger partial charge in [0, 0.05) is 0 Å². The minimum atomic E-state index is -3.68. The third-order valence-electron chi connectivity index (χ3n) is 1.31. The summed E-state index contributed by atoms with van der Waals surface area (Å²) in [6.45, 7) is 1.46. The van der Waals surface area contributed by atoms with Crippen LogP contribution in [-0.4, -0.2) is 14.6 Å². The van der Waals surface area contributed by atoms with Gasteiger partial charge in [0.25, 0.3) is 10.1 Å². The summed E-state index contributed by atoms with van der Waals surface area (Å²) in [5.74, 6) is 0. The maximum Gasteiger partial charge on any atom is 1.00 e. The molecule has 0 aliphatic rings. The molecule has 0 aliphatic heterocycles. The van der Waals surface area contributed by atoms with Crippen molar-refractivity contribution in [1.29, 1.82) is 0 Å². The van der Waals surface area contributed by atoms with Crippen LogP contribution in [0.1, 0.15) is 8.35 Å². The van der Waals surface area contributed by atoms with E-state index in [9.17, 15) is 8.42 Å². The quantitative estimate of drug-likeness (QED) is 0.360. The van der Waals surface area contributed by atoms with Gasteiger partial charge < -0.3 is 7.16 Å². The van der Waals surface area contributed by atoms with Gasteiger partial charge in [-0.15, -0.1) is 0 Å². The van der Waals surface area contributed by atoms with Gasteiger partial charge >= 0.3 is 29.6 Å². The Kier molecular flexibility index (Phi) is 5.88. The molecule has 2 N–H and O–H groups in total. The van der Waals surface area contributed by atoms with E-state index >= 15 is 0 Å². The molecule has 0 amide bonds. The molecule has 0 saturated carbocycles. The first-order valence-corrected chi connectivity index (χ1v) is 5.17. The number of hydrogen-bond acceptors (Lipinski definition) is 4. The molecule has 14 heavy (non-hydrogen) atoms. The molecule has 0 fully saturated rings. The van der Waals surface area contributed by atoms with Crippen molar-refractivity contribution >= 4 is 10.1 Å². The monoisotopic (exact) mass is 225 g/mol. The van der Waals surface area contributed by atoms with E-state index in [0.29, 0.717) is 0 Å². The first kappa shape index (κ1) is 14.1. The molecule has 4 nitrogen and oxygen atoms in total. The van der Waals surface area contributed by atoms with Crippen molar-refractivity contribution in [1.82, 2.24) is 0 Å². The average Bonchev–Trinajstić information content (AvgIpc) is 2.04. The molecule has 0 aromatic heterocycles. The smallest absolute Gasteiger partial charge is 1.00 e. The van der Waals surface area contributed by atoms with E-state index in [4.69, 9.17) is 5.73 Å². The molecule has 0 spiro atoms. The Morgan fingerprint density at radius 3 is 2.29 bits per heavy atom. The molecule has 1 aromatic carbocycles. The molecule has 0 radical (unpaired) electrons. The Labute approximate surface area is 107 Å². The maximum absolute atomic E-state index is 11.3. The second-order valence-electron chi connectivity index (χ2n) is 2.57. The van der Waals surface area contributed by atoms with Crippen molar-refractivity contribution in [3.05, 3.63) is 30.3 Å². The standard InChI is InChI=1S/C8H11NO3S.Na.H/c1-7(9)12-13(10,11)8-5-3-2-4-6-8;;/h2-7H,9H2,1H3;;/q;+1;-1. The molecule has 0 bridgehead atoms. The topological polar surface area (TPSA) is 69.4 Å². The Morgan fingerprint density at radius 1 is 1.36 bits per heavy atom. The van der Waals surface area contributed by atoms with Crippen LogP contribution < -0.4 is 35.3 Å². The summed E-state index contributed by atoms with van der Waals surface area (Å²) in [4.78, 5) is 0.118. The van der Waals surface area contributed by atoms with Crippen LogP contribution >= 0.6 is 0 Å². The van der Waals surface area contributed by atoms with Crippen LogP contribution in [0.3, 0.4) is 0 Å². The molecule has 74 valence electrons. The van der Waals surface area contributed by atoms with Crippen LogP contribution in [0.5, 0.6) is 0 Å². The van der Waals surface area contributed by atoms with Crippen molar-refractivity contribution < 1.29 is 43.6 Å². The van der Waals surface area contributed by atoms with Gasteiger partial charge in [-0.25, -0.2) is 4.18 Å². The fourth-order valence-corrected chi connectivity index (χ4v) is 1.84. The van der Waals surface area contributed by atoms with E-state index in [-0.39, 0.29) is 35.9 Å².